The van der Waals surface area contributed by atoms with Crippen molar-refractivity contribution in [3.63, 3.8) is 0 Å². The topological polar surface area (TPSA) is 78.9 Å². The van der Waals surface area contributed by atoms with Crippen molar-refractivity contribution in [1.29, 1.82) is 0 Å². The number of ether oxygens (including phenoxy) is 1. The summed E-state index contributed by atoms with van der Waals surface area (Å²) in [6.07, 6.45) is 3.62. The van der Waals surface area contributed by atoms with Gasteiger partial charge in [-0.2, -0.15) is 0 Å². The molecule has 1 fully saturated rings. The minimum atomic E-state index is 0. The molecule has 0 aromatic carbocycles. The van der Waals surface area contributed by atoms with Crippen molar-refractivity contribution in [1.82, 2.24) is 20.5 Å². The van der Waals surface area contributed by atoms with Gasteiger partial charge in [-0.1, -0.05) is 6.07 Å². The lowest BCUT2D eigenvalue weighted by molar-refractivity contribution is -0.127. The van der Waals surface area contributed by atoms with Gasteiger partial charge in [-0.05, 0) is 25.0 Å². The van der Waals surface area contributed by atoms with Crippen LogP contribution in [0.25, 0.3) is 0 Å². The average molecular weight is 447 g/mol. The lowest BCUT2D eigenvalue weighted by atomic mass is 10.1. The number of amides is 1. The molecule has 2 heterocycles. The normalized spacial score (nSPS) is 15.3. The van der Waals surface area contributed by atoms with Gasteiger partial charge in [-0.25, -0.2) is 4.99 Å². The van der Waals surface area contributed by atoms with Crippen molar-refractivity contribution in [3.8, 4) is 0 Å². The molecule has 0 spiro atoms. The van der Waals surface area contributed by atoms with Crippen molar-refractivity contribution in [2.45, 2.75) is 25.4 Å². The molecule has 1 saturated heterocycles. The summed E-state index contributed by atoms with van der Waals surface area (Å²) >= 11 is 0. The van der Waals surface area contributed by atoms with Crippen molar-refractivity contribution in [2.75, 3.05) is 33.9 Å². The van der Waals surface area contributed by atoms with E-state index in [1.54, 1.807) is 25.2 Å². The van der Waals surface area contributed by atoms with E-state index in [-0.39, 0.29) is 36.4 Å². The summed E-state index contributed by atoms with van der Waals surface area (Å²) in [6.45, 7) is 2.18. The standard InChI is InChI=1S/C16H25N5O2.HI/c1-21(2)15(22)12-19-16(20-13-6-9-23-10-7-13)18-11-14-5-3-4-8-17-14;/h3-5,8,13H,6-7,9-12H2,1-2H3,(H2,18,19,20);1H. The van der Waals surface area contributed by atoms with E-state index in [2.05, 4.69) is 20.6 Å². The number of nitrogens with one attached hydrogen (secondary N) is 2. The third-order valence-electron chi connectivity index (χ3n) is 3.59. The molecular weight excluding hydrogens is 421 g/mol. The molecule has 1 aliphatic rings. The van der Waals surface area contributed by atoms with Gasteiger partial charge in [-0.15, -0.1) is 24.0 Å². The lowest BCUT2D eigenvalue weighted by Crippen LogP contribution is -2.48. The van der Waals surface area contributed by atoms with Crippen LogP contribution in [0.2, 0.25) is 0 Å². The maximum absolute atomic E-state index is 11.8. The van der Waals surface area contributed by atoms with Crippen LogP contribution in [-0.2, 0) is 16.1 Å². The smallest absolute Gasteiger partial charge is 0.241 e. The second-order valence-corrected chi connectivity index (χ2v) is 5.66. The zero-order valence-electron chi connectivity index (χ0n) is 14.2. The van der Waals surface area contributed by atoms with E-state index < -0.39 is 0 Å². The first kappa shape index (κ1) is 20.6. The molecule has 24 heavy (non-hydrogen) atoms. The van der Waals surface area contributed by atoms with Crippen LogP contribution in [0.15, 0.2) is 29.4 Å². The molecular formula is C16H26IN5O2. The molecule has 1 aromatic heterocycles. The molecule has 0 radical (unpaired) electrons. The van der Waals surface area contributed by atoms with Crippen LogP contribution in [0, 0.1) is 0 Å². The van der Waals surface area contributed by atoms with Gasteiger partial charge in [0.2, 0.25) is 5.91 Å². The van der Waals surface area contributed by atoms with E-state index >= 15 is 0 Å². The fraction of sp³-hybridized carbons (Fsp3) is 0.562. The van der Waals surface area contributed by atoms with Crippen molar-refractivity contribution < 1.29 is 9.53 Å². The Morgan fingerprint density at radius 3 is 2.75 bits per heavy atom. The number of hydrogen-bond donors (Lipinski definition) is 2. The maximum Gasteiger partial charge on any atom is 0.241 e. The SMILES string of the molecule is CN(C)C(=O)CNC(=NCc1ccccn1)NC1CCOCC1.I. The van der Waals surface area contributed by atoms with E-state index in [9.17, 15) is 4.79 Å². The Hall–Kier alpha value is -1.42. The van der Waals surface area contributed by atoms with Gasteiger partial charge < -0.3 is 20.3 Å². The highest BCUT2D eigenvalue weighted by atomic mass is 127. The third-order valence-corrected chi connectivity index (χ3v) is 3.59. The van der Waals surface area contributed by atoms with Gasteiger partial charge in [0.05, 0.1) is 18.8 Å². The Morgan fingerprint density at radius 1 is 1.38 bits per heavy atom. The first-order chi connectivity index (χ1) is 11.1. The Kier molecular flexibility index (Phi) is 9.62. The molecule has 2 N–H and O–H groups in total. The van der Waals surface area contributed by atoms with Gasteiger partial charge >= 0.3 is 0 Å². The quantitative estimate of drug-likeness (QED) is 0.400. The Balaban J connectivity index is 0.00000288. The first-order valence-corrected chi connectivity index (χ1v) is 7.88. The highest BCUT2D eigenvalue weighted by Crippen LogP contribution is 2.06. The van der Waals surface area contributed by atoms with Gasteiger partial charge in [0.25, 0.3) is 0 Å². The molecule has 1 aliphatic heterocycles. The molecule has 134 valence electrons. The van der Waals surface area contributed by atoms with Crippen LogP contribution in [-0.4, -0.2) is 61.6 Å². The highest BCUT2D eigenvalue weighted by Gasteiger charge is 2.15. The molecule has 1 aromatic rings. The Bertz CT molecular complexity index is 518. The Labute approximate surface area is 160 Å². The number of aromatic nitrogens is 1. The fourth-order valence-corrected chi connectivity index (χ4v) is 2.16. The number of carbonyl (C=O) groups is 1. The summed E-state index contributed by atoms with van der Waals surface area (Å²) in [5.74, 6) is 0.641. The van der Waals surface area contributed by atoms with Crippen LogP contribution in [0.5, 0.6) is 0 Å². The highest BCUT2D eigenvalue weighted by molar-refractivity contribution is 14.0. The number of guanidine groups is 1. The van der Waals surface area contributed by atoms with E-state index in [1.807, 2.05) is 18.2 Å². The second-order valence-electron chi connectivity index (χ2n) is 5.66. The summed E-state index contributed by atoms with van der Waals surface area (Å²) in [4.78, 5) is 22.1. The summed E-state index contributed by atoms with van der Waals surface area (Å²) in [7, 11) is 3.47. The van der Waals surface area contributed by atoms with Crippen molar-refractivity contribution >= 4 is 35.8 Å². The van der Waals surface area contributed by atoms with Crippen LogP contribution in [0.1, 0.15) is 18.5 Å². The number of halogens is 1. The van der Waals surface area contributed by atoms with Gasteiger partial charge in [0, 0.05) is 39.5 Å². The number of pyridine rings is 1. The molecule has 0 atom stereocenters. The van der Waals surface area contributed by atoms with Crippen molar-refractivity contribution in [3.05, 3.63) is 30.1 Å². The molecule has 2 rings (SSSR count). The summed E-state index contributed by atoms with van der Waals surface area (Å²) in [6, 6.07) is 6.06. The minimum absolute atomic E-state index is 0. The second kappa shape index (κ2) is 11.2. The van der Waals surface area contributed by atoms with E-state index in [0.717, 1.165) is 31.7 Å². The number of likely N-dealkylation sites (N-methyl/N-ethyl adjacent to an activating group) is 1. The van der Waals surface area contributed by atoms with E-state index in [4.69, 9.17) is 4.74 Å². The fourth-order valence-electron chi connectivity index (χ4n) is 2.16. The van der Waals surface area contributed by atoms with Gasteiger partial charge in [0.15, 0.2) is 5.96 Å². The maximum atomic E-state index is 11.8. The molecule has 0 saturated carbocycles. The summed E-state index contributed by atoms with van der Waals surface area (Å²) in [5, 5.41) is 6.48. The summed E-state index contributed by atoms with van der Waals surface area (Å²) in [5.41, 5.74) is 0.888. The molecule has 7 nitrogen and oxygen atoms in total. The minimum Gasteiger partial charge on any atom is -0.381 e. The van der Waals surface area contributed by atoms with E-state index in [1.165, 1.54) is 0 Å². The average Bonchev–Trinajstić information content (AvgIpc) is 2.58. The number of nitrogens with zero attached hydrogens (tertiary/aromatic N) is 3. The Morgan fingerprint density at radius 2 is 2.12 bits per heavy atom. The number of aliphatic imine (C=N–C) groups is 1. The monoisotopic (exact) mass is 447 g/mol. The zero-order chi connectivity index (χ0) is 16.5. The summed E-state index contributed by atoms with van der Waals surface area (Å²) < 4.78 is 5.37. The van der Waals surface area contributed by atoms with E-state index in [0.29, 0.717) is 18.5 Å². The largest absolute Gasteiger partial charge is 0.381 e. The molecule has 0 aliphatic carbocycles. The molecule has 1 amide bonds. The van der Waals surface area contributed by atoms with Crippen LogP contribution in [0.4, 0.5) is 0 Å². The molecule has 0 bridgehead atoms. The van der Waals surface area contributed by atoms with Crippen LogP contribution < -0.4 is 10.6 Å². The number of hydrogen-bond acceptors (Lipinski definition) is 4. The first-order valence-electron chi connectivity index (χ1n) is 7.88. The molecule has 8 heteroatoms. The van der Waals surface area contributed by atoms with Crippen LogP contribution >= 0.6 is 24.0 Å². The third kappa shape index (κ3) is 7.43. The van der Waals surface area contributed by atoms with Gasteiger partial charge in [0.1, 0.15) is 0 Å². The zero-order valence-corrected chi connectivity index (χ0v) is 16.5. The number of rotatable bonds is 5. The predicted octanol–water partition coefficient (Wildman–Crippen LogP) is 1.00. The van der Waals surface area contributed by atoms with Gasteiger partial charge in [-0.3, -0.25) is 9.78 Å². The number of carbonyl (C=O) groups excluding carboxylic acids is 1. The van der Waals surface area contributed by atoms with Crippen molar-refractivity contribution in [2.24, 2.45) is 4.99 Å². The lowest BCUT2D eigenvalue weighted by Gasteiger charge is -2.25. The predicted molar refractivity (Wildman–Crippen MR) is 104 cm³/mol. The molecule has 0 unspecified atom stereocenters. The van der Waals surface area contributed by atoms with Crippen LogP contribution in [0.3, 0.4) is 0 Å².